The molecule has 1 saturated heterocycles. The first-order valence-electron chi connectivity index (χ1n) is 14.3. The molecule has 0 radical (unpaired) electrons. The van der Waals surface area contributed by atoms with E-state index in [-0.39, 0.29) is 23.0 Å². The van der Waals surface area contributed by atoms with Crippen LogP contribution in [0.5, 0.6) is 0 Å². The number of aryl methyl sites for hydroxylation is 1. The Hall–Kier alpha value is -4.21. The summed E-state index contributed by atoms with van der Waals surface area (Å²) < 4.78 is 135. The normalized spacial score (nSPS) is 17.6. The van der Waals surface area contributed by atoms with E-state index in [9.17, 15) is 58.6 Å². The second-order valence-corrected chi connectivity index (χ2v) is 12.1. The number of alkyl halides is 9. The van der Waals surface area contributed by atoms with Gasteiger partial charge < -0.3 is 14.9 Å². The largest absolute Gasteiger partial charge is 0.416 e. The molecule has 3 aromatic rings. The maximum Gasteiger partial charge on any atom is 0.416 e. The van der Waals surface area contributed by atoms with Crippen molar-refractivity contribution < 1.29 is 58.6 Å². The second-order valence-electron chi connectivity index (χ2n) is 12.1. The molecule has 2 unspecified atom stereocenters. The minimum Gasteiger partial charge on any atom is -0.394 e. The quantitative estimate of drug-likeness (QED) is 0.262. The maximum atomic E-state index is 14.1. The molecule has 1 N–H and O–H groups in total. The number of hydrogen-bond donors (Lipinski definition) is 1. The molecule has 0 aliphatic carbocycles. The predicted octanol–water partition coefficient (Wildman–Crippen LogP) is 7.41. The van der Waals surface area contributed by atoms with Gasteiger partial charge in [-0.3, -0.25) is 14.6 Å². The van der Waals surface area contributed by atoms with Crippen LogP contribution < -0.4 is 4.90 Å². The van der Waals surface area contributed by atoms with Crippen molar-refractivity contribution in [1.82, 2.24) is 9.88 Å². The number of halogens is 10. The summed E-state index contributed by atoms with van der Waals surface area (Å²) >= 11 is 0. The van der Waals surface area contributed by atoms with Crippen molar-refractivity contribution in [3.05, 3.63) is 82.4 Å². The average molecular weight is 694 g/mol. The minimum atomic E-state index is -5.17. The zero-order valence-corrected chi connectivity index (χ0v) is 25.8. The lowest BCUT2D eigenvalue weighted by molar-refractivity contribution is -0.162. The van der Waals surface area contributed by atoms with E-state index in [0.29, 0.717) is 28.2 Å². The molecule has 16 heteroatoms. The van der Waals surface area contributed by atoms with Gasteiger partial charge in [-0.05, 0) is 73.9 Å². The van der Waals surface area contributed by atoms with Crippen LogP contribution in [0, 0.1) is 12.7 Å². The van der Waals surface area contributed by atoms with Gasteiger partial charge in [0.15, 0.2) is 0 Å². The predicted molar refractivity (Wildman–Crippen MR) is 153 cm³/mol. The fourth-order valence-electron chi connectivity index (χ4n) is 5.82. The van der Waals surface area contributed by atoms with E-state index in [0.717, 1.165) is 37.1 Å². The van der Waals surface area contributed by atoms with Gasteiger partial charge in [-0.25, -0.2) is 4.39 Å². The lowest BCUT2D eigenvalue weighted by Gasteiger charge is -2.32. The van der Waals surface area contributed by atoms with Crippen LogP contribution in [0.3, 0.4) is 0 Å². The summed E-state index contributed by atoms with van der Waals surface area (Å²) in [4.78, 5) is 32.2. The van der Waals surface area contributed by atoms with Crippen molar-refractivity contribution in [2.75, 3.05) is 25.1 Å². The van der Waals surface area contributed by atoms with Gasteiger partial charge in [0.25, 0.3) is 0 Å². The first-order valence-corrected chi connectivity index (χ1v) is 14.3. The Kier molecular flexibility index (Phi) is 9.67. The summed E-state index contributed by atoms with van der Waals surface area (Å²) in [6.07, 6.45) is -14.4. The van der Waals surface area contributed by atoms with Crippen LogP contribution in [-0.4, -0.2) is 59.2 Å². The average Bonchev–Trinajstić information content (AvgIpc) is 3.28. The fourth-order valence-corrected chi connectivity index (χ4v) is 5.82. The van der Waals surface area contributed by atoms with Crippen molar-refractivity contribution in [1.29, 1.82) is 0 Å². The van der Waals surface area contributed by atoms with E-state index in [1.54, 1.807) is 0 Å². The van der Waals surface area contributed by atoms with E-state index >= 15 is 0 Å². The Balaban J connectivity index is 1.84. The number of carbonyl (C=O) groups excluding carboxylic acids is 2. The molecule has 2 amide bonds. The van der Waals surface area contributed by atoms with Crippen LogP contribution in [0.4, 0.5) is 49.6 Å². The summed E-state index contributed by atoms with van der Waals surface area (Å²) in [6, 6.07) is 4.43. The first-order chi connectivity index (χ1) is 22.0. The summed E-state index contributed by atoms with van der Waals surface area (Å²) in [7, 11) is 1.20. The smallest absolute Gasteiger partial charge is 0.394 e. The highest BCUT2D eigenvalue weighted by molar-refractivity contribution is 6.03. The van der Waals surface area contributed by atoms with Gasteiger partial charge in [0.1, 0.15) is 12.4 Å². The van der Waals surface area contributed by atoms with E-state index < -0.39 is 89.8 Å². The van der Waals surface area contributed by atoms with E-state index in [1.165, 1.54) is 26.1 Å². The van der Waals surface area contributed by atoms with E-state index in [2.05, 4.69) is 4.98 Å². The molecule has 2 atom stereocenters. The van der Waals surface area contributed by atoms with Crippen molar-refractivity contribution in [2.24, 2.45) is 0 Å². The van der Waals surface area contributed by atoms with E-state index in [4.69, 9.17) is 0 Å². The molecule has 1 aromatic heterocycles. The molecule has 4 rings (SSSR count). The third-order valence-corrected chi connectivity index (χ3v) is 8.39. The number of carbonyl (C=O) groups is 2. The molecule has 0 bridgehead atoms. The van der Waals surface area contributed by atoms with Crippen LogP contribution >= 0.6 is 0 Å². The minimum absolute atomic E-state index is 0.0356. The third kappa shape index (κ3) is 7.42. The lowest BCUT2D eigenvalue weighted by Crippen LogP contribution is -2.43. The molecule has 1 fully saturated rings. The van der Waals surface area contributed by atoms with Gasteiger partial charge in [-0.2, -0.15) is 39.5 Å². The van der Waals surface area contributed by atoms with Gasteiger partial charge >= 0.3 is 18.5 Å². The number of likely N-dealkylation sites (tertiary alicyclic amines) is 1. The number of hydrogen-bond acceptors (Lipinski definition) is 4. The van der Waals surface area contributed by atoms with Crippen LogP contribution in [0.2, 0.25) is 0 Å². The van der Waals surface area contributed by atoms with Gasteiger partial charge in [-0.1, -0.05) is 6.07 Å². The molecule has 0 saturated carbocycles. The summed E-state index contributed by atoms with van der Waals surface area (Å²) in [5.41, 5.74) is -5.06. The van der Waals surface area contributed by atoms with Gasteiger partial charge in [-0.15, -0.1) is 0 Å². The number of aromatic nitrogens is 1. The summed E-state index contributed by atoms with van der Waals surface area (Å²) in [6.45, 7) is 1.32. The number of amides is 2. The van der Waals surface area contributed by atoms with Gasteiger partial charge in [0.05, 0.1) is 41.1 Å². The third-order valence-electron chi connectivity index (χ3n) is 8.39. The number of aliphatic hydroxyl groups is 1. The molecule has 2 heterocycles. The van der Waals surface area contributed by atoms with Crippen molar-refractivity contribution in [2.45, 2.75) is 63.1 Å². The summed E-state index contributed by atoms with van der Waals surface area (Å²) in [5, 5.41) is 9.97. The number of rotatable bonds is 7. The zero-order valence-electron chi connectivity index (χ0n) is 25.8. The van der Waals surface area contributed by atoms with Gasteiger partial charge in [0, 0.05) is 30.6 Å². The number of pyridine rings is 1. The SMILES string of the molecule is Cc1cc(F)ccc1-c1cc(C2CC(=O)N(CC(F)(F)F)C2CO)ncc1N(C)C(=O)C(C)(C)c1cc(C(F)(F)F)cc(C(F)(F)F)c1. The van der Waals surface area contributed by atoms with Crippen molar-refractivity contribution in [3.8, 4) is 11.1 Å². The number of anilines is 1. The Morgan fingerprint density at radius 1 is 0.917 bits per heavy atom. The Morgan fingerprint density at radius 3 is 1.98 bits per heavy atom. The Labute approximate surface area is 268 Å². The highest BCUT2D eigenvalue weighted by Gasteiger charge is 2.46. The Bertz CT molecular complexity index is 1680. The molecule has 0 spiro atoms. The topological polar surface area (TPSA) is 73.7 Å². The lowest BCUT2D eigenvalue weighted by atomic mass is 9.81. The molecule has 6 nitrogen and oxygen atoms in total. The van der Waals surface area contributed by atoms with Gasteiger partial charge in [0.2, 0.25) is 11.8 Å². The van der Waals surface area contributed by atoms with Crippen LogP contribution in [0.25, 0.3) is 11.1 Å². The molecular weight excluding hydrogens is 664 g/mol. The number of nitrogens with zero attached hydrogens (tertiary/aromatic N) is 3. The zero-order chi connectivity index (χ0) is 36.1. The Morgan fingerprint density at radius 2 is 1.48 bits per heavy atom. The van der Waals surface area contributed by atoms with Crippen LogP contribution in [0.15, 0.2) is 48.7 Å². The maximum absolute atomic E-state index is 14.1. The van der Waals surface area contributed by atoms with Crippen LogP contribution in [0.1, 0.15) is 54.1 Å². The molecule has 1 aliphatic heterocycles. The standard InChI is InChI=1S/C32H29F10N3O3/c1-16-7-20(33)5-6-21(16)22-11-24(23-12-27(47)45(26(23)14-46)15-30(34,35)36)43-13-25(22)44(4)28(48)29(2,3)17-8-18(31(37,38)39)10-19(9-17)32(40,41)42/h5-11,13,23,26,46H,12,14-15H2,1-4H3. The number of benzene rings is 2. The highest BCUT2D eigenvalue weighted by Crippen LogP contribution is 2.43. The molecular formula is C32H29F10N3O3. The highest BCUT2D eigenvalue weighted by atomic mass is 19.4. The van der Waals surface area contributed by atoms with Crippen LogP contribution in [-0.2, 0) is 27.4 Å². The second kappa shape index (κ2) is 12.7. The number of likely N-dealkylation sites (N-methyl/N-ethyl adjacent to an activating group) is 1. The van der Waals surface area contributed by atoms with E-state index in [1.807, 2.05) is 0 Å². The first kappa shape index (κ1) is 36.6. The molecule has 2 aromatic carbocycles. The molecule has 260 valence electrons. The summed E-state index contributed by atoms with van der Waals surface area (Å²) in [5.74, 6) is -3.53. The molecule has 48 heavy (non-hydrogen) atoms. The fraction of sp³-hybridized carbons (Fsp3) is 0.406. The van der Waals surface area contributed by atoms with Crippen molar-refractivity contribution in [3.63, 3.8) is 0 Å². The number of aliphatic hydroxyl groups excluding tert-OH is 1. The van der Waals surface area contributed by atoms with Crippen molar-refractivity contribution >= 4 is 17.5 Å². The monoisotopic (exact) mass is 693 g/mol. The molecule has 1 aliphatic rings.